The highest BCUT2D eigenvalue weighted by Gasteiger charge is 2.31. The van der Waals surface area contributed by atoms with Crippen LogP contribution in [0, 0.1) is 0 Å². The minimum atomic E-state index is -1.10. The maximum absolute atomic E-state index is 12.5. The fourth-order valence-electron chi connectivity index (χ4n) is 2.66. The lowest BCUT2D eigenvalue weighted by Gasteiger charge is -2.17. The molecule has 0 radical (unpaired) electrons. The summed E-state index contributed by atoms with van der Waals surface area (Å²) in [6, 6.07) is 1.67. The van der Waals surface area contributed by atoms with Gasteiger partial charge in [0.2, 0.25) is 11.5 Å². The predicted octanol–water partition coefficient (Wildman–Crippen LogP) is 2.72. The predicted molar refractivity (Wildman–Crippen MR) is 103 cm³/mol. The molecule has 2 aromatic rings. The van der Waals surface area contributed by atoms with Crippen molar-refractivity contribution in [1.82, 2.24) is 0 Å². The molecule has 10 nitrogen and oxygen atoms in total. The number of hydrogen-bond donors (Lipinski definition) is 6. The second kappa shape index (κ2) is 9.12. The monoisotopic (exact) mass is 422 g/mol. The molecule has 0 bridgehead atoms. The molecular formula is C20H22O10. The van der Waals surface area contributed by atoms with Crippen LogP contribution in [0.25, 0.3) is 11.1 Å². The van der Waals surface area contributed by atoms with Gasteiger partial charge in [-0.15, -0.1) is 0 Å². The van der Waals surface area contributed by atoms with Gasteiger partial charge in [-0.25, -0.2) is 9.59 Å². The molecule has 0 aromatic heterocycles. The highest BCUT2D eigenvalue weighted by molar-refractivity contribution is 6.08. The average molecular weight is 422 g/mol. The molecule has 30 heavy (non-hydrogen) atoms. The molecule has 0 fully saturated rings. The van der Waals surface area contributed by atoms with Crippen LogP contribution in [-0.4, -0.2) is 55.8 Å². The van der Waals surface area contributed by atoms with E-state index in [4.69, 9.17) is 9.47 Å². The Hall–Kier alpha value is -3.82. The maximum atomic E-state index is 12.5. The largest absolute Gasteiger partial charge is 0.504 e. The number of hydrogen-bond acceptors (Lipinski definition) is 10. The summed E-state index contributed by atoms with van der Waals surface area (Å²) < 4.78 is 9.96. The van der Waals surface area contributed by atoms with Gasteiger partial charge >= 0.3 is 11.9 Å². The average Bonchev–Trinajstić information content (AvgIpc) is 2.71. The Morgan fingerprint density at radius 3 is 1.30 bits per heavy atom. The third kappa shape index (κ3) is 4.12. The van der Waals surface area contributed by atoms with Gasteiger partial charge in [-0.3, -0.25) is 0 Å². The number of ether oxygens (including phenoxy) is 2. The molecule has 0 atom stereocenters. The van der Waals surface area contributed by atoms with Crippen molar-refractivity contribution in [3.8, 4) is 45.6 Å². The van der Waals surface area contributed by atoms with Gasteiger partial charge in [-0.2, -0.15) is 0 Å². The van der Waals surface area contributed by atoms with Gasteiger partial charge in [-0.05, 0) is 25.0 Å². The maximum Gasteiger partial charge on any atom is 0.342 e. The number of phenols is 6. The van der Waals surface area contributed by atoms with Crippen molar-refractivity contribution in [3.05, 3.63) is 23.3 Å². The lowest BCUT2D eigenvalue weighted by Crippen LogP contribution is -2.11. The molecule has 6 N–H and O–H groups in total. The SMILES string of the molecule is CCCOC(=O)c1c(-c2cc(O)c(O)c(O)c2C(=O)OCCC)cc(O)c(O)c1O. The highest BCUT2D eigenvalue weighted by Crippen LogP contribution is 2.49. The van der Waals surface area contributed by atoms with Crippen LogP contribution in [0.4, 0.5) is 0 Å². The zero-order chi connectivity index (χ0) is 22.6. The van der Waals surface area contributed by atoms with Crippen molar-refractivity contribution in [1.29, 1.82) is 0 Å². The first-order valence-electron chi connectivity index (χ1n) is 9.05. The summed E-state index contributed by atoms with van der Waals surface area (Å²) in [6.07, 6.45) is 0.891. The van der Waals surface area contributed by atoms with Crippen LogP contribution in [0.1, 0.15) is 47.4 Å². The van der Waals surface area contributed by atoms with E-state index in [0.29, 0.717) is 12.8 Å². The first-order chi connectivity index (χ1) is 14.1. The van der Waals surface area contributed by atoms with Crippen molar-refractivity contribution >= 4 is 11.9 Å². The molecule has 2 rings (SSSR count). The Morgan fingerprint density at radius 2 is 1.00 bits per heavy atom. The molecule has 10 heteroatoms. The summed E-state index contributed by atoms with van der Waals surface area (Å²) in [5.41, 5.74) is -1.99. The van der Waals surface area contributed by atoms with E-state index in [-0.39, 0.29) is 24.3 Å². The van der Waals surface area contributed by atoms with Crippen molar-refractivity contribution in [2.45, 2.75) is 26.7 Å². The van der Waals surface area contributed by atoms with Gasteiger partial charge in [0, 0.05) is 11.1 Å². The van der Waals surface area contributed by atoms with Crippen LogP contribution >= 0.6 is 0 Å². The number of phenolic OH excluding ortho intramolecular Hbond substituents is 6. The summed E-state index contributed by atoms with van der Waals surface area (Å²) >= 11 is 0. The van der Waals surface area contributed by atoms with E-state index < -0.39 is 57.6 Å². The van der Waals surface area contributed by atoms with Crippen molar-refractivity contribution in [2.75, 3.05) is 13.2 Å². The smallest absolute Gasteiger partial charge is 0.342 e. The topological polar surface area (TPSA) is 174 Å². The molecule has 0 aliphatic rings. The van der Waals surface area contributed by atoms with E-state index in [1.165, 1.54) is 0 Å². The van der Waals surface area contributed by atoms with Crippen molar-refractivity contribution in [2.24, 2.45) is 0 Å². The van der Waals surface area contributed by atoms with Crippen molar-refractivity contribution < 1.29 is 49.7 Å². The third-order valence-corrected chi connectivity index (χ3v) is 4.08. The minimum absolute atomic E-state index is 0.0309. The molecule has 0 aliphatic carbocycles. The van der Waals surface area contributed by atoms with Crippen LogP contribution in [0.15, 0.2) is 12.1 Å². The number of esters is 2. The number of rotatable bonds is 7. The first kappa shape index (κ1) is 22.5. The number of carbonyl (C=O) groups is 2. The second-order valence-electron chi connectivity index (χ2n) is 6.30. The fourth-order valence-corrected chi connectivity index (χ4v) is 2.66. The Kier molecular flexibility index (Phi) is 6.83. The summed E-state index contributed by atoms with van der Waals surface area (Å²) in [7, 11) is 0. The lowest BCUT2D eigenvalue weighted by atomic mass is 9.92. The van der Waals surface area contributed by atoms with E-state index in [0.717, 1.165) is 12.1 Å². The van der Waals surface area contributed by atoms with Crippen LogP contribution in [0.5, 0.6) is 34.5 Å². The van der Waals surface area contributed by atoms with Gasteiger partial charge in [0.05, 0.1) is 13.2 Å². The minimum Gasteiger partial charge on any atom is -0.504 e. The molecule has 0 aliphatic heterocycles. The zero-order valence-electron chi connectivity index (χ0n) is 16.3. The van der Waals surface area contributed by atoms with Gasteiger partial charge in [0.15, 0.2) is 23.0 Å². The molecule has 0 spiro atoms. The standard InChI is InChI=1S/C20H22O10/c1-3-5-29-19(27)13-9(7-11(21)15(23)17(13)25)10-8-12(22)16(24)18(26)14(10)20(28)30-6-4-2/h7-8,21-26H,3-6H2,1-2H3. The summed E-state index contributed by atoms with van der Waals surface area (Å²) in [6.45, 7) is 3.38. The van der Waals surface area contributed by atoms with Crippen molar-refractivity contribution in [3.63, 3.8) is 0 Å². The molecule has 0 saturated carbocycles. The summed E-state index contributed by atoms with van der Waals surface area (Å²) in [5, 5.41) is 60.1. The molecule has 0 unspecified atom stereocenters. The van der Waals surface area contributed by atoms with E-state index in [1.807, 2.05) is 0 Å². The third-order valence-electron chi connectivity index (χ3n) is 4.08. The number of benzene rings is 2. The summed E-state index contributed by atoms with van der Waals surface area (Å²) in [5.74, 6) is -7.99. The van der Waals surface area contributed by atoms with Crippen LogP contribution < -0.4 is 0 Å². The van der Waals surface area contributed by atoms with Crippen LogP contribution in [0.3, 0.4) is 0 Å². The normalized spacial score (nSPS) is 10.6. The molecule has 0 amide bonds. The lowest BCUT2D eigenvalue weighted by molar-refractivity contribution is 0.0489. The van der Waals surface area contributed by atoms with Crippen LogP contribution in [0.2, 0.25) is 0 Å². The highest BCUT2D eigenvalue weighted by atomic mass is 16.5. The molecule has 162 valence electrons. The van der Waals surface area contributed by atoms with Gasteiger partial charge in [0.1, 0.15) is 11.1 Å². The van der Waals surface area contributed by atoms with E-state index in [2.05, 4.69) is 0 Å². The molecule has 0 saturated heterocycles. The Balaban J connectivity index is 2.86. The Labute approximate surface area is 171 Å². The van der Waals surface area contributed by atoms with E-state index >= 15 is 0 Å². The first-order valence-corrected chi connectivity index (χ1v) is 9.05. The van der Waals surface area contributed by atoms with Crippen LogP contribution in [-0.2, 0) is 9.47 Å². The quantitative estimate of drug-likeness (QED) is 0.287. The summed E-state index contributed by atoms with van der Waals surface area (Å²) in [4.78, 5) is 25.0. The number of carbonyl (C=O) groups excluding carboxylic acids is 2. The van der Waals surface area contributed by atoms with Gasteiger partial charge < -0.3 is 40.1 Å². The number of aromatic hydroxyl groups is 6. The second-order valence-corrected chi connectivity index (χ2v) is 6.30. The van der Waals surface area contributed by atoms with E-state index in [1.54, 1.807) is 13.8 Å². The molecule has 2 aromatic carbocycles. The van der Waals surface area contributed by atoms with E-state index in [9.17, 15) is 40.2 Å². The zero-order valence-corrected chi connectivity index (χ0v) is 16.3. The van der Waals surface area contributed by atoms with Gasteiger partial charge in [0.25, 0.3) is 0 Å². The molecule has 0 heterocycles. The Bertz CT molecular complexity index is 901. The fraction of sp³-hybridized carbons (Fsp3) is 0.300. The Morgan fingerprint density at radius 1 is 0.667 bits per heavy atom. The molecular weight excluding hydrogens is 400 g/mol. The van der Waals surface area contributed by atoms with Gasteiger partial charge in [-0.1, -0.05) is 13.8 Å².